The first-order valence-corrected chi connectivity index (χ1v) is 8.15. The van der Waals surface area contributed by atoms with Gasteiger partial charge < -0.3 is 9.73 Å². The summed E-state index contributed by atoms with van der Waals surface area (Å²) >= 11 is 1.38. The Morgan fingerprint density at radius 3 is 2.83 bits per heavy atom. The molecule has 0 aromatic carbocycles. The third kappa shape index (κ3) is 2.92. The molecule has 0 aliphatic heterocycles. The Bertz CT molecular complexity index is 833. The predicted molar refractivity (Wildman–Crippen MR) is 89.5 cm³/mol. The minimum absolute atomic E-state index is 0.0930. The third-order valence-corrected chi connectivity index (χ3v) is 4.66. The lowest BCUT2D eigenvalue weighted by Crippen LogP contribution is -2.19. The second kappa shape index (κ2) is 6.00. The van der Waals surface area contributed by atoms with Crippen LogP contribution in [0.4, 0.5) is 5.13 Å². The maximum Gasteiger partial charge on any atom is 0.233 e. The van der Waals surface area contributed by atoms with Crippen LogP contribution in [0, 0.1) is 13.8 Å². The molecule has 0 aliphatic rings. The summed E-state index contributed by atoms with van der Waals surface area (Å²) in [5.41, 5.74) is 3.56. The Morgan fingerprint density at radius 1 is 1.43 bits per heavy atom. The number of furan rings is 1. The van der Waals surface area contributed by atoms with Gasteiger partial charge in [-0.15, -0.1) is 11.3 Å². The van der Waals surface area contributed by atoms with Gasteiger partial charge in [0.05, 0.1) is 17.9 Å². The Morgan fingerprint density at radius 2 is 2.22 bits per heavy atom. The van der Waals surface area contributed by atoms with Crippen LogP contribution < -0.4 is 5.32 Å². The number of carbonyl (C=O) groups excluding carboxylic acids is 1. The fraction of sp³-hybridized carbons (Fsp3) is 0.312. The van der Waals surface area contributed by atoms with E-state index in [4.69, 9.17) is 4.42 Å². The second-order valence-corrected chi connectivity index (χ2v) is 6.29. The van der Waals surface area contributed by atoms with Crippen molar-refractivity contribution in [3.63, 3.8) is 0 Å². The van der Waals surface area contributed by atoms with Crippen molar-refractivity contribution in [2.75, 3.05) is 5.32 Å². The van der Waals surface area contributed by atoms with Crippen LogP contribution in [0.15, 0.2) is 28.2 Å². The lowest BCUT2D eigenvalue weighted by Gasteiger charge is -2.11. The maximum atomic E-state index is 12.5. The van der Waals surface area contributed by atoms with Gasteiger partial charge in [-0.3, -0.25) is 9.48 Å². The molecule has 120 valence electrons. The number of nitrogens with zero attached hydrogens (tertiary/aromatic N) is 3. The van der Waals surface area contributed by atoms with Crippen LogP contribution in [0.5, 0.6) is 0 Å². The molecule has 0 fully saturated rings. The van der Waals surface area contributed by atoms with E-state index in [1.807, 2.05) is 45.3 Å². The molecule has 0 saturated heterocycles. The number of amides is 1. The molecular weight excluding hydrogens is 312 g/mol. The molecule has 0 aliphatic carbocycles. The lowest BCUT2D eigenvalue weighted by molar-refractivity contribution is -0.117. The van der Waals surface area contributed by atoms with Gasteiger partial charge in [-0.2, -0.15) is 5.10 Å². The summed E-state index contributed by atoms with van der Waals surface area (Å²) in [4.78, 5) is 16.9. The normalized spacial score (nSPS) is 12.3. The van der Waals surface area contributed by atoms with Crippen LogP contribution in [0.25, 0.3) is 11.5 Å². The Balaban J connectivity index is 1.76. The van der Waals surface area contributed by atoms with Gasteiger partial charge in [0, 0.05) is 23.7 Å². The van der Waals surface area contributed by atoms with E-state index in [2.05, 4.69) is 15.4 Å². The SMILES string of the molecule is Cc1nn(C)c(C)c1[C@@H](C)C(=O)Nc1nc(-c2ccco2)cs1. The van der Waals surface area contributed by atoms with Gasteiger partial charge in [-0.25, -0.2) is 4.98 Å². The van der Waals surface area contributed by atoms with E-state index >= 15 is 0 Å². The summed E-state index contributed by atoms with van der Waals surface area (Å²) < 4.78 is 7.11. The highest BCUT2D eigenvalue weighted by atomic mass is 32.1. The van der Waals surface area contributed by atoms with Gasteiger partial charge in [-0.05, 0) is 32.9 Å². The summed E-state index contributed by atoms with van der Waals surface area (Å²) in [7, 11) is 1.88. The van der Waals surface area contributed by atoms with Crippen molar-refractivity contribution in [2.24, 2.45) is 7.05 Å². The minimum atomic E-state index is -0.292. The molecule has 23 heavy (non-hydrogen) atoms. The minimum Gasteiger partial charge on any atom is -0.463 e. The van der Waals surface area contributed by atoms with Crippen molar-refractivity contribution in [1.82, 2.24) is 14.8 Å². The molecule has 1 amide bonds. The van der Waals surface area contributed by atoms with Crippen molar-refractivity contribution < 1.29 is 9.21 Å². The molecule has 0 unspecified atom stereocenters. The molecule has 1 N–H and O–H groups in total. The van der Waals surface area contributed by atoms with Crippen LogP contribution in [0.2, 0.25) is 0 Å². The van der Waals surface area contributed by atoms with Crippen molar-refractivity contribution >= 4 is 22.4 Å². The number of thiazole rings is 1. The first-order chi connectivity index (χ1) is 11.0. The van der Waals surface area contributed by atoms with Crippen LogP contribution in [-0.2, 0) is 11.8 Å². The van der Waals surface area contributed by atoms with Crippen LogP contribution >= 0.6 is 11.3 Å². The number of hydrogen-bond donors (Lipinski definition) is 1. The summed E-state index contributed by atoms with van der Waals surface area (Å²) in [5.74, 6) is 0.304. The molecule has 3 heterocycles. The second-order valence-electron chi connectivity index (χ2n) is 5.43. The van der Waals surface area contributed by atoms with E-state index in [-0.39, 0.29) is 11.8 Å². The fourth-order valence-electron chi connectivity index (χ4n) is 2.63. The number of carbonyl (C=O) groups is 1. The molecular formula is C16H18N4O2S. The average molecular weight is 330 g/mol. The first-order valence-electron chi connectivity index (χ1n) is 7.27. The zero-order valence-electron chi connectivity index (χ0n) is 13.5. The summed E-state index contributed by atoms with van der Waals surface area (Å²) in [6.45, 7) is 5.77. The highest BCUT2D eigenvalue weighted by molar-refractivity contribution is 7.14. The van der Waals surface area contributed by atoms with Gasteiger partial charge in [0.25, 0.3) is 0 Å². The standard InChI is InChI=1S/C16H18N4O2S/c1-9(14-10(2)19-20(4)11(14)3)15(21)18-16-17-12(8-23-16)13-6-5-7-22-13/h5-9H,1-4H3,(H,17,18,21)/t9-/m1/s1. The monoisotopic (exact) mass is 330 g/mol. The molecule has 7 heteroatoms. The van der Waals surface area contributed by atoms with Crippen LogP contribution in [-0.4, -0.2) is 20.7 Å². The fourth-order valence-corrected chi connectivity index (χ4v) is 3.33. The predicted octanol–water partition coefficient (Wildman–Crippen LogP) is 3.50. The van der Waals surface area contributed by atoms with Gasteiger partial charge in [0.2, 0.25) is 5.91 Å². The van der Waals surface area contributed by atoms with Crippen molar-refractivity contribution in [2.45, 2.75) is 26.7 Å². The highest BCUT2D eigenvalue weighted by Gasteiger charge is 2.23. The quantitative estimate of drug-likeness (QED) is 0.794. The van der Waals surface area contributed by atoms with E-state index in [0.29, 0.717) is 10.9 Å². The molecule has 6 nitrogen and oxygen atoms in total. The lowest BCUT2D eigenvalue weighted by atomic mass is 9.98. The number of aryl methyl sites for hydroxylation is 2. The van der Waals surface area contributed by atoms with Crippen molar-refractivity contribution in [3.05, 3.63) is 40.7 Å². The first kappa shape index (κ1) is 15.5. The zero-order valence-corrected chi connectivity index (χ0v) is 14.3. The molecule has 0 spiro atoms. The van der Waals surface area contributed by atoms with Gasteiger partial charge in [0.15, 0.2) is 10.9 Å². The van der Waals surface area contributed by atoms with Crippen molar-refractivity contribution in [3.8, 4) is 11.5 Å². The van der Waals surface area contributed by atoms with Gasteiger partial charge in [0.1, 0.15) is 5.69 Å². The number of nitrogens with one attached hydrogen (secondary N) is 1. The molecule has 3 rings (SSSR count). The molecule has 0 bridgehead atoms. The number of hydrogen-bond acceptors (Lipinski definition) is 5. The van der Waals surface area contributed by atoms with Crippen LogP contribution in [0.1, 0.15) is 29.8 Å². The maximum absolute atomic E-state index is 12.5. The van der Waals surface area contributed by atoms with E-state index < -0.39 is 0 Å². The van der Waals surface area contributed by atoms with E-state index in [1.165, 1.54) is 11.3 Å². The zero-order chi connectivity index (χ0) is 16.6. The van der Waals surface area contributed by atoms with Gasteiger partial charge in [-0.1, -0.05) is 0 Å². The molecule has 3 aromatic heterocycles. The van der Waals surface area contributed by atoms with Crippen molar-refractivity contribution in [1.29, 1.82) is 0 Å². The summed E-state index contributed by atoms with van der Waals surface area (Å²) in [6.07, 6.45) is 1.60. The molecule has 1 atom stereocenters. The van der Waals surface area contributed by atoms with Gasteiger partial charge >= 0.3 is 0 Å². The molecule has 0 saturated carbocycles. The highest BCUT2D eigenvalue weighted by Crippen LogP contribution is 2.28. The number of anilines is 1. The smallest absolute Gasteiger partial charge is 0.233 e. The molecule has 0 radical (unpaired) electrons. The number of aromatic nitrogens is 3. The summed E-state index contributed by atoms with van der Waals surface area (Å²) in [6, 6.07) is 3.65. The largest absolute Gasteiger partial charge is 0.463 e. The number of rotatable bonds is 4. The van der Waals surface area contributed by atoms with E-state index in [0.717, 1.165) is 22.6 Å². The Hall–Kier alpha value is -2.41. The Kier molecular flexibility index (Phi) is 4.04. The average Bonchev–Trinajstić information content (AvgIpc) is 3.21. The van der Waals surface area contributed by atoms with Crippen LogP contribution in [0.3, 0.4) is 0 Å². The summed E-state index contributed by atoms with van der Waals surface area (Å²) in [5, 5.41) is 9.67. The topological polar surface area (TPSA) is 73.0 Å². The molecule has 3 aromatic rings. The Labute approximate surface area is 138 Å². The van der Waals surface area contributed by atoms with E-state index in [1.54, 1.807) is 10.9 Å². The van der Waals surface area contributed by atoms with E-state index in [9.17, 15) is 4.79 Å². The third-order valence-electron chi connectivity index (χ3n) is 3.90.